The van der Waals surface area contributed by atoms with Crippen LogP contribution in [0.25, 0.3) is 0 Å². The van der Waals surface area contributed by atoms with Crippen LogP contribution in [-0.4, -0.2) is 60.4 Å². The summed E-state index contributed by atoms with van der Waals surface area (Å²) in [5.41, 5.74) is 1.93. The van der Waals surface area contributed by atoms with E-state index in [1.807, 2.05) is 0 Å². The van der Waals surface area contributed by atoms with Gasteiger partial charge in [0, 0.05) is 6.54 Å². The lowest BCUT2D eigenvalue weighted by Crippen LogP contribution is -2.45. The Morgan fingerprint density at radius 3 is 2.37 bits per heavy atom. The average Bonchev–Trinajstić information content (AvgIpc) is 3.41. The first-order valence-corrected chi connectivity index (χ1v) is 9.00. The van der Waals surface area contributed by atoms with E-state index in [2.05, 4.69) is 5.16 Å². The fourth-order valence-electron chi connectivity index (χ4n) is 4.86. The van der Waals surface area contributed by atoms with Crippen LogP contribution in [0.2, 0.25) is 0 Å². The molecule has 5 rings (SSSR count). The van der Waals surface area contributed by atoms with E-state index in [-0.39, 0.29) is 23.8 Å². The lowest BCUT2D eigenvalue weighted by molar-refractivity contribution is -0.142. The van der Waals surface area contributed by atoms with Crippen molar-refractivity contribution in [1.82, 2.24) is 4.90 Å². The van der Waals surface area contributed by atoms with Gasteiger partial charge in [-0.15, -0.1) is 0 Å². The summed E-state index contributed by atoms with van der Waals surface area (Å²) in [5.74, 6) is -1.88. The molecule has 3 saturated heterocycles. The predicted octanol–water partition coefficient (Wildman–Crippen LogP) is 0.594. The fraction of sp³-hybridized carbons (Fsp3) is 0.474. The number of oxime groups is 1. The van der Waals surface area contributed by atoms with Crippen molar-refractivity contribution in [3.63, 3.8) is 0 Å². The first-order valence-electron chi connectivity index (χ1n) is 9.00. The third-order valence-corrected chi connectivity index (χ3v) is 6.05. The molecule has 0 radical (unpaired) electrons. The van der Waals surface area contributed by atoms with E-state index in [4.69, 9.17) is 14.3 Å². The van der Waals surface area contributed by atoms with Crippen LogP contribution in [0.5, 0.6) is 0 Å². The van der Waals surface area contributed by atoms with E-state index in [0.717, 1.165) is 5.56 Å². The number of hydrogen-bond donors (Lipinski definition) is 0. The second-order valence-electron chi connectivity index (χ2n) is 7.18. The minimum atomic E-state index is -0.472. The molecular formula is C19H18N2O6. The van der Waals surface area contributed by atoms with Gasteiger partial charge in [-0.25, -0.2) is 4.79 Å². The van der Waals surface area contributed by atoms with Crippen LogP contribution in [-0.2, 0) is 23.9 Å². The molecule has 0 N–H and O–H groups in total. The van der Waals surface area contributed by atoms with Gasteiger partial charge in [0.15, 0.2) is 6.10 Å². The predicted molar refractivity (Wildman–Crippen MR) is 90.7 cm³/mol. The van der Waals surface area contributed by atoms with Crippen LogP contribution in [0.15, 0.2) is 29.4 Å². The monoisotopic (exact) mass is 370 g/mol. The molecule has 0 saturated carbocycles. The molecule has 8 nitrogen and oxygen atoms in total. The van der Waals surface area contributed by atoms with Crippen LogP contribution in [0.3, 0.4) is 0 Å². The van der Waals surface area contributed by atoms with Crippen LogP contribution >= 0.6 is 0 Å². The van der Waals surface area contributed by atoms with Crippen LogP contribution in [0.4, 0.5) is 0 Å². The summed E-state index contributed by atoms with van der Waals surface area (Å²) in [4.78, 5) is 43.8. The zero-order valence-electron chi connectivity index (χ0n) is 14.8. The van der Waals surface area contributed by atoms with Crippen molar-refractivity contribution in [2.24, 2.45) is 22.9 Å². The molecule has 27 heavy (non-hydrogen) atoms. The van der Waals surface area contributed by atoms with Crippen LogP contribution in [0.1, 0.15) is 22.8 Å². The molecule has 0 aliphatic carbocycles. The van der Waals surface area contributed by atoms with Gasteiger partial charge in [-0.05, 0) is 24.6 Å². The van der Waals surface area contributed by atoms with E-state index < -0.39 is 30.0 Å². The van der Waals surface area contributed by atoms with Gasteiger partial charge in [0.05, 0.1) is 42.2 Å². The molecule has 8 heteroatoms. The third kappa shape index (κ3) is 2.01. The number of likely N-dealkylation sites (tertiary alicyclic amines) is 1. The molecule has 4 aliphatic heterocycles. The number of amides is 2. The summed E-state index contributed by atoms with van der Waals surface area (Å²) < 4.78 is 10.7. The maximum atomic E-state index is 12.7. The quantitative estimate of drug-likeness (QED) is 0.571. The zero-order valence-corrected chi connectivity index (χ0v) is 14.8. The van der Waals surface area contributed by atoms with Crippen LogP contribution < -0.4 is 0 Å². The first kappa shape index (κ1) is 16.4. The van der Waals surface area contributed by atoms with Crippen molar-refractivity contribution < 1.29 is 28.7 Å². The standard InChI is InChI=1S/C19H18N2O6/c1-3-21-17(22)10-11(18(21)23)15-16-12(14(10)26-15)13(20-27-16)8-4-6-9(7-5-8)19(24)25-2/h4-7,10-12,14-16H,3H2,1-2H3. The van der Waals surface area contributed by atoms with Gasteiger partial charge >= 0.3 is 5.97 Å². The van der Waals surface area contributed by atoms with Gasteiger partial charge in [0.25, 0.3) is 0 Å². The largest absolute Gasteiger partial charge is 0.465 e. The number of benzene rings is 1. The molecule has 4 aliphatic rings. The molecule has 1 aromatic carbocycles. The normalized spacial score (nSPS) is 35.8. The molecule has 140 valence electrons. The SMILES string of the molecule is CCN1C(=O)C2C3OC(C4C(c5ccc(C(=O)OC)cc5)=NOC34)C2C1=O. The highest BCUT2D eigenvalue weighted by Crippen LogP contribution is 2.54. The minimum absolute atomic E-state index is 0.161. The number of imide groups is 1. The van der Waals surface area contributed by atoms with Crippen molar-refractivity contribution in [3.8, 4) is 0 Å². The highest BCUT2D eigenvalue weighted by atomic mass is 16.7. The Balaban J connectivity index is 1.45. The van der Waals surface area contributed by atoms with Crippen molar-refractivity contribution in [1.29, 1.82) is 0 Å². The number of carbonyl (C=O) groups excluding carboxylic acids is 3. The first-order chi connectivity index (χ1) is 13.1. The number of methoxy groups -OCH3 is 1. The number of nitrogens with zero attached hydrogens (tertiary/aromatic N) is 2. The van der Waals surface area contributed by atoms with Crippen molar-refractivity contribution in [3.05, 3.63) is 35.4 Å². The number of ether oxygens (including phenoxy) is 2. The third-order valence-electron chi connectivity index (χ3n) is 6.05. The number of esters is 1. The Kier molecular flexibility index (Phi) is 3.42. The molecule has 0 spiro atoms. The number of carbonyl (C=O) groups is 3. The van der Waals surface area contributed by atoms with Gasteiger partial charge in [-0.3, -0.25) is 14.5 Å². The Morgan fingerprint density at radius 2 is 1.74 bits per heavy atom. The van der Waals surface area contributed by atoms with E-state index in [9.17, 15) is 14.4 Å². The zero-order chi connectivity index (χ0) is 18.9. The summed E-state index contributed by atoms with van der Waals surface area (Å²) in [6.07, 6.45) is -1.23. The van der Waals surface area contributed by atoms with Gasteiger partial charge in [-0.1, -0.05) is 17.3 Å². The second kappa shape index (κ2) is 5.63. The summed E-state index contributed by atoms with van der Waals surface area (Å²) in [5, 5.41) is 4.23. The maximum absolute atomic E-state index is 12.7. The molecule has 6 atom stereocenters. The van der Waals surface area contributed by atoms with Gasteiger partial charge in [-0.2, -0.15) is 0 Å². The summed E-state index contributed by atoms with van der Waals surface area (Å²) in [6, 6.07) is 6.88. The average molecular weight is 370 g/mol. The number of rotatable bonds is 3. The van der Waals surface area contributed by atoms with Crippen molar-refractivity contribution >= 4 is 23.5 Å². The molecule has 4 heterocycles. The van der Waals surface area contributed by atoms with Crippen molar-refractivity contribution in [2.45, 2.75) is 25.2 Å². The highest BCUT2D eigenvalue weighted by molar-refractivity contribution is 6.09. The lowest BCUT2D eigenvalue weighted by atomic mass is 9.71. The number of hydrogen-bond acceptors (Lipinski definition) is 7. The lowest BCUT2D eigenvalue weighted by Gasteiger charge is -2.26. The Morgan fingerprint density at radius 1 is 1.07 bits per heavy atom. The summed E-state index contributed by atoms with van der Waals surface area (Å²) in [7, 11) is 1.33. The molecule has 1 aromatic rings. The fourth-order valence-corrected chi connectivity index (χ4v) is 4.86. The van der Waals surface area contributed by atoms with E-state index in [1.54, 1.807) is 31.2 Å². The van der Waals surface area contributed by atoms with Crippen molar-refractivity contribution in [2.75, 3.05) is 13.7 Å². The van der Waals surface area contributed by atoms with Crippen LogP contribution in [0, 0.1) is 17.8 Å². The Bertz CT molecular complexity index is 879. The molecule has 0 aromatic heterocycles. The molecule has 6 unspecified atom stereocenters. The Labute approximate surface area is 155 Å². The van der Waals surface area contributed by atoms with E-state index >= 15 is 0 Å². The smallest absolute Gasteiger partial charge is 0.337 e. The second-order valence-corrected chi connectivity index (χ2v) is 7.18. The molecular weight excluding hydrogens is 352 g/mol. The van der Waals surface area contributed by atoms with Gasteiger partial charge in [0.1, 0.15) is 6.10 Å². The summed E-state index contributed by atoms with van der Waals surface area (Å²) in [6.45, 7) is 2.17. The molecule has 2 bridgehead atoms. The Hall–Kier alpha value is -2.74. The molecule has 2 amide bonds. The van der Waals surface area contributed by atoms with Gasteiger partial charge in [0.2, 0.25) is 11.8 Å². The summed E-state index contributed by atoms with van der Waals surface area (Å²) >= 11 is 0. The molecule has 3 fully saturated rings. The topological polar surface area (TPSA) is 94.5 Å². The maximum Gasteiger partial charge on any atom is 0.337 e. The van der Waals surface area contributed by atoms with E-state index in [1.165, 1.54) is 12.0 Å². The number of fused-ring (bicyclic) bond motifs is 8. The van der Waals surface area contributed by atoms with E-state index in [0.29, 0.717) is 17.8 Å². The highest BCUT2D eigenvalue weighted by Gasteiger charge is 2.71. The minimum Gasteiger partial charge on any atom is -0.465 e. The van der Waals surface area contributed by atoms with Gasteiger partial charge < -0.3 is 14.3 Å².